The Morgan fingerprint density at radius 2 is 2.00 bits per heavy atom. The molecule has 1 aliphatic rings. The summed E-state index contributed by atoms with van der Waals surface area (Å²) in [6.07, 6.45) is 7.16. The third kappa shape index (κ3) is 3.79. The van der Waals surface area contributed by atoms with E-state index in [4.69, 9.17) is 0 Å². The predicted molar refractivity (Wildman–Crippen MR) is 68.1 cm³/mol. The van der Waals surface area contributed by atoms with Crippen LogP contribution >= 0.6 is 0 Å². The van der Waals surface area contributed by atoms with Gasteiger partial charge in [-0.3, -0.25) is 5.32 Å². The van der Waals surface area contributed by atoms with Crippen LogP contribution in [0.15, 0.2) is 0 Å². The van der Waals surface area contributed by atoms with Gasteiger partial charge in [-0.2, -0.15) is 5.26 Å². The van der Waals surface area contributed by atoms with Crippen LogP contribution in [0.25, 0.3) is 0 Å². The second-order valence-electron chi connectivity index (χ2n) is 5.70. The average Bonchev–Trinajstić information content (AvgIpc) is 2.29. The summed E-state index contributed by atoms with van der Waals surface area (Å²) in [6, 6.07) is 2.52. The molecule has 92 valence electrons. The summed E-state index contributed by atoms with van der Waals surface area (Å²) in [6.45, 7) is 7.61. The van der Waals surface area contributed by atoms with Gasteiger partial charge in [-0.05, 0) is 44.1 Å². The molecule has 0 spiro atoms. The van der Waals surface area contributed by atoms with Gasteiger partial charge in [0.25, 0.3) is 0 Å². The molecule has 0 aromatic heterocycles. The molecule has 0 amide bonds. The lowest BCUT2D eigenvalue weighted by Crippen LogP contribution is -2.48. The second kappa shape index (κ2) is 6.25. The number of hydrogen-bond donors (Lipinski definition) is 1. The molecule has 0 aromatic carbocycles. The lowest BCUT2D eigenvalue weighted by Gasteiger charge is -2.36. The minimum absolute atomic E-state index is 0.214. The van der Waals surface area contributed by atoms with E-state index in [0.717, 1.165) is 25.3 Å². The fourth-order valence-electron chi connectivity index (χ4n) is 2.59. The Balaban J connectivity index is 2.42. The van der Waals surface area contributed by atoms with Gasteiger partial charge in [-0.1, -0.05) is 33.6 Å². The van der Waals surface area contributed by atoms with Gasteiger partial charge in [0.05, 0.1) is 6.07 Å². The molecular weight excluding hydrogens is 196 g/mol. The van der Waals surface area contributed by atoms with Crippen LogP contribution in [0.2, 0.25) is 0 Å². The second-order valence-corrected chi connectivity index (χ2v) is 5.70. The smallest absolute Gasteiger partial charge is 0.106 e. The Bertz CT molecular complexity index is 232. The molecule has 0 unspecified atom stereocenters. The third-order valence-electron chi connectivity index (χ3n) is 3.72. The van der Waals surface area contributed by atoms with E-state index in [1.165, 1.54) is 25.7 Å². The highest BCUT2D eigenvalue weighted by atomic mass is 15.0. The molecule has 2 nitrogen and oxygen atoms in total. The molecule has 0 bridgehead atoms. The Labute approximate surface area is 100 Å². The van der Waals surface area contributed by atoms with E-state index in [2.05, 4.69) is 32.2 Å². The molecule has 0 heterocycles. The average molecular weight is 222 g/mol. The molecule has 16 heavy (non-hydrogen) atoms. The summed E-state index contributed by atoms with van der Waals surface area (Å²) < 4.78 is 0. The van der Waals surface area contributed by atoms with Crippen molar-refractivity contribution in [3.8, 4) is 6.07 Å². The van der Waals surface area contributed by atoms with Crippen LogP contribution in [0.3, 0.4) is 0 Å². The number of nitrogens with one attached hydrogen (secondary N) is 1. The van der Waals surface area contributed by atoms with Gasteiger partial charge in [0, 0.05) is 0 Å². The Hall–Kier alpha value is -0.550. The van der Waals surface area contributed by atoms with E-state index < -0.39 is 0 Å². The standard InChI is InChI=1S/C14H26N2/c1-4-5-13-6-8-14(11-15,9-7-13)16-10-12(2)3/h12-13,16H,4-10H2,1-3H3. The van der Waals surface area contributed by atoms with Gasteiger partial charge in [0.2, 0.25) is 0 Å². The van der Waals surface area contributed by atoms with Crippen LogP contribution in [0.5, 0.6) is 0 Å². The molecular formula is C14H26N2. The highest BCUT2D eigenvalue weighted by Gasteiger charge is 2.34. The summed E-state index contributed by atoms with van der Waals surface area (Å²) in [5.41, 5.74) is -0.214. The zero-order valence-electron chi connectivity index (χ0n) is 11.1. The first kappa shape index (κ1) is 13.5. The summed E-state index contributed by atoms with van der Waals surface area (Å²) >= 11 is 0. The zero-order valence-corrected chi connectivity index (χ0v) is 11.1. The highest BCUT2D eigenvalue weighted by Crippen LogP contribution is 2.34. The van der Waals surface area contributed by atoms with Crippen LogP contribution in [0.4, 0.5) is 0 Å². The van der Waals surface area contributed by atoms with Crippen molar-refractivity contribution in [2.24, 2.45) is 11.8 Å². The van der Waals surface area contributed by atoms with E-state index in [9.17, 15) is 5.26 Å². The highest BCUT2D eigenvalue weighted by molar-refractivity contribution is 5.09. The van der Waals surface area contributed by atoms with E-state index in [0.29, 0.717) is 5.92 Å². The van der Waals surface area contributed by atoms with Crippen molar-refractivity contribution in [1.82, 2.24) is 5.32 Å². The largest absolute Gasteiger partial charge is 0.299 e. The lowest BCUT2D eigenvalue weighted by molar-refractivity contribution is 0.224. The molecule has 0 aromatic rings. The summed E-state index contributed by atoms with van der Waals surface area (Å²) in [4.78, 5) is 0. The SMILES string of the molecule is CCCC1CCC(C#N)(NCC(C)C)CC1. The maximum Gasteiger partial charge on any atom is 0.106 e. The van der Waals surface area contributed by atoms with Gasteiger partial charge >= 0.3 is 0 Å². The number of nitrogens with zero attached hydrogens (tertiary/aromatic N) is 1. The first-order valence-electron chi connectivity index (χ1n) is 6.78. The molecule has 0 atom stereocenters. The monoisotopic (exact) mass is 222 g/mol. The van der Waals surface area contributed by atoms with Crippen molar-refractivity contribution in [1.29, 1.82) is 5.26 Å². The minimum atomic E-state index is -0.214. The van der Waals surface area contributed by atoms with Crippen molar-refractivity contribution < 1.29 is 0 Å². The van der Waals surface area contributed by atoms with Crippen molar-refractivity contribution >= 4 is 0 Å². The first-order chi connectivity index (χ1) is 7.62. The molecule has 1 rings (SSSR count). The van der Waals surface area contributed by atoms with Gasteiger partial charge in [0.15, 0.2) is 0 Å². The molecule has 0 radical (unpaired) electrons. The fourth-order valence-corrected chi connectivity index (χ4v) is 2.59. The predicted octanol–water partition coefficient (Wildman–Crippen LogP) is 3.48. The Kier molecular flexibility index (Phi) is 5.28. The molecule has 1 saturated carbocycles. The number of nitriles is 1. The number of hydrogen-bond acceptors (Lipinski definition) is 2. The number of rotatable bonds is 5. The van der Waals surface area contributed by atoms with Gasteiger partial charge in [-0.25, -0.2) is 0 Å². The molecule has 0 aliphatic heterocycles. The Morgan fingerprint density at radius 1 is 1.38 bits per heavy atom. The topological polar surface area (TPSA) is 35.8 Å². The molecule has 2 heteroatoms. The van der Waals surface area contributed by atoms with Gasteiger partial charge in [-0.15, -0.1) is 0 Å². The maximum absolute atomic E-state index is 9.36. The van der Waals surface area contributed by atoms with Gasteiger partial charge in [0.1, 0.15) is 5.54 Å². The van der Waals surface area contributed by atoms with Crippen molar-refractivity contribution in [2.45, 2.75) is 64.8 Å². The minimum Gasteiger partial charge on any atom is -0.299 e. The molecule has 1 fully saturated rings. The van der Waals surface area contributed by atoms with Gasteiger partial charge < -0.3 is 0 Å². The summed E-state index contributed by atoms with van der Waals surface area (Å²) in [5, 5.41) is 12.8. The van der Waals surface area contributed by atoms with E-state index in [1.54, 1.807) is 0 Å². The maximum atomic E-state index is 9.36. The first-order valence-corrected chi connectivity index (χ1v) is 6.78. The molecule has 1 N–H and O–H groups in total. The zero-order chi connectivity index (χ0) is 12.0. The van der Waals surface area contributed by atoms with Crippen LogP contribution in [0, 0.1) is 23.2 Å². The molecule has 1 aliphatic carbocycles. The van der Waals surface area contributed by atoms with E-state index in [-0.39, 0.29) is 5.54 Å². The van der Waals surface area contributed by atoms with Crippen LogP contribution < -0.4 is 5.32 Å². The fraction of sp³-hybridized carbons (Fsp3) is 0.929. The van der Waals surface area contributed by atoms with Crippen LogP contribution in [0.1, 0.15) is 59.3 Å². The molecule has 0 saturated heterocycles. The quantitative estimate of drug-likeness (QED) is 0.773. The van der Waals surface area contributed by atoms with Crippen molar-refractivity contribution in [2.75, 3.05) is 6.54 Å². The van der Waals surface area contributed by atoms with Crippen molar-refractivity contribution in [3.63, 3.8) is 0 Å². The third-order valence-corrected chi connectivity index (χ3v) is 3.72. The summed E-state index contributed by atoms with van der Waals surface area (Å²) in [5.74, 6) is 1.49. The summed E-state index contributed by atoms with van der Waals surface area (Å²) in [7, 11) is 0. The van der Waals surface area contributed by atoms with Crippen LogP contribution in [-0.2, 0) is 0 Å². The Morgan fingerprint density at radius 3 is 2.44 bits per heavy atom. The normalized spacial score (nSPS) is 30.3. The lowest BCUT2D eigenvalue weighted by atomic mass is 9.75. The van der Waals surface area contributed by atoms with Crippen molar-refractivity contribution in [3.05, 3.63) is 0 Å². The van der Waals surface area contributed by atoms with Crippen LogP contribution in [-0.4, -0.2) is 12.1 Å². The van der Waals surface area contributed by atoms with E-state index in [1.807, 2.05) is 0 Å². The van der Waals surface area contributed by atoms with E-state index >= 15 is 0 Å².